The van der Waals surface area contributed by atoms with Gasteiger partial charge in [-0.15, -0.1) is 0 Å². The standard InChI is InChI=1S/C6H6.C5H10OS.C2H6.CH2O/c1-2-4-6-5-3-1;1-3-7-4-5(2)6;2*1-2/h1-6H;3-4H2,1-2H3;1-2H3;1H2. The van der Waals surface area contributed by atoms with Crippen LogP contribution < -0.4 is 0 Å². The molecular formula is C14H24O2S. The van der Waals surface area contributed by atoms with E-state index in [-0.39, 0.29) is 5.78 Å². The summed E-state index contributed by atoms with van der Waals surface area (Å²) in [4.78, 5) is 18.2. The molecule has 98 valence electrons. The second kappa shape index (κ2) is 24.2. The van der Waals surface area contributed by atoms with Crippen LogP contribution in [0.3, 0.4) is 0 Å². The van der Waals surface area contributed by atoms with Gasteiger partial charge in [-0.2, -0.15) is 11.8 Å². The molecule has 0 bridgehead atoms. The van der Waals surface area contributed by atoms with Gasteiger partial charge in [-0.3, -0.25) is 4.79 Å². The Labute approximate surface area is 110 Å². The number of hydrogen-bond acceptors (Lipinski definition) is 3. The molecule has 0 radical (unpaired) electrons. The summed E-state index contributed by atoms with van der Waals surface area (Å²) in [6, 6.07) is 12.0. The van der Waals surface area contributed by atoms with Gasteiger partial charge in [0.1, 0.15) is 12.6 Å². The molecule has 1 aromatic carbocycles. The van der Waals surface area contributed by atoms with Gasteiger partial charge >= 0.3 is 0 Å². The molecule has 0 aromatic heterocycles. The lowest BCUT2D eigenvalue weighted by molar-refractivity contribution is -0.114. The molecule has 1 rings (SSSR count). The second-order valence-corrected chi connectivity index (χ2v) is 3.77. The van der Waals surface area contributed by atoms with Crippen molar-refractivity contribution in [2.45, 2.75) is 27.7 Å². The fourth-order valence-corrected chi connectivity index (χ4v) is 1.12. The van der Waals surface area contributed by atoms with Gasteiger partial charge in [-0.05, 0) is 12.7 Å². The van der Waals surface area contributed by atoms with Gasteiger partial charge in [0, 0.05) is 0 Å². The van der Waals surface area contributed by atoms with Crippen LogP contribution in [0.2, 0.25) is 0 Å². The van der Waals surface area contributed by atoms with Crippen LogP contribution in [-0.4, -0.2) is 24.1 Å². The van der Waals surface area contributed by atoms with Gasteiger partial charge in [0.15, 0.2) is 0 Å². The van der Waals surface area contributed by atoms with Crippen LogP contribution in [-0.2, 0) is 9.59 Å². The zero-order valence-electron chi connectivity index (χ0n) is 11.3. The maximum absolute atomic E-state index is 10.2. The first kappa shape index (κ1) is 21.2. The van der Waals surface area contributed by atoms with Gasteiger partial charge in [0.05, 0.1) is 5.75 Å². The van der Waals surface area contributed by atoms with Crippen molar-refractivity contribution in [2.24, 2.45) is 0 Å². The summed E-state index contributed by atoms with van der Waals surface area (Å²) in [5, 5.41) is 0. The number of carbonyl (C=O) groups is 2. The molecule has 0 atom stereocenters. The fourth-order valence-electron chi connectivity index (χ4n) is 0.631. The third-order valence-electron chi connectivity index (χ3n) is 1.18. The van der Waals surface area contributed by atoms with E-state index in [0.29, 0.717) is 5.75 Å². The number of benzene rings is 1. The maximum atomic E-state index is 10.2. The topological polar surface area (TPSA) is 34.1 Å². The third kappa shape index (κ3) is 31.3. The average Bonchev–Trinajstić information content (AvgIpc) is 2.43. The molecule has 17 heavy (non-hydrogen) atoms. The first-order chi connectivity index (χ1) is 8.27. The summed E-state index contributed by atoms with van der Waals surface area (Å²) in [6.45, 7) is 9.66. The van der Waals surface area contributed by atoms with Crippen LogP contribution >= 0.6 is 11.8 Å². The highest BCUT2D eigenvalue weighted by molar-refractivity contribution is 7.99. The molecule has 0 heterocycles. The smallest absolute Gasteiger partial charge is 0.139 e. The lowest BCUT2D eigenvalue weighted by Crippen LogP contribution is -1.92. The molecule has 0 aliphatic carbocycles. The van der Waals surface area contributed by atoms with Crippen molar-refractivity contribution in [3.05, 3.63) is 36.4 Å². The lowest BCUT2D eigenvalue weighted by Gasteiger charge is -1.87. The molecule has 0 saturated heterocycles. The Kier molecular flexibility index (Phi) is 30.3. The lowest BCUT2D eigenvalue weighted by atomic mass is 10.4. The van der Waals surface area contributed by atoms with E-state index in [0.717, 1.165) is 5.75 Å². The van der Waals surface area contributed by atoms with Gasteiger partial charge in [0.25, 0.3) is 0 Å². The van der Waals surface area contributed by atoms with Crippen molar-refractivity contribution >= 4 is 24.3 Å². The van der Waals surface area contributed by atoms with E-state index in [1.807, 2.05) is 64.0 Å². The largest absolute Gasteiger partial charge is 0.307 e. The third-order valence-corrected chi connectivity index (χ3v) is 2.20. The van der Waals surface area contributed by atoms with Crippen molar-refractivity contribution in [3.8, 4) is 0 Å². The number of ketones is 1. The van der Waals surface area contributed by atoms with Crippen LogP contribution in [0.25, 0.3) is 0 Å². The van der Waals surface area contributed by atoms with E-state index in [1.165, 1.54) is 0 Å². The van der Waals surface area contributed by atoms with Gasteiger partial charge < -0.3 is 4.79 Å². The van der Waals surface area contributed by atoms with Crippen LogP contribution in [0.5, 0.6) is 0 Å². The van der Waals surface area contributed by atoms with Crippen LogP contribution in [0.1, 0.15) is 27.7 Å². The Bertz CT molecular complexity index is 198. The molecule has 0 spiro atoms. The minimum absolute atomic E-state index is 0.270. The van der Waals surface area contributed by atoms with Gasteiger partial charge in [-0.25, -0.2) is 0 Å². The SMILES string of the molecule is C=O.CC.CCSCC(C)=O.c1ccccc1. The summed E-state index contributed by atoms with van der Waals surface area (Å²) in [6.07, 6.45) is 0. The van der Waals surface area contributed by atoms with E-state index in [4.69, 9.17) is 4.79 Å². The Morgan fingerprint density at radius 1 is 1.00 bits per heavy atom. The molecular weight excluding hydrogens is 232 g/mol. The minimum atomic E-state index is 0.270. The van der Waals surface area contributed by atoms with E-state index < -0.39 is 0 Å². The summed E-state index contributed by atoms with van der Waals surface area (Å²) in [7, 11) is 0. The number of carbonyl (C=O) groups excluding carboxylic acids is 2. The van der Waals surface area contributed by atoms with E-state index in [2.05, 4.69) is 0 Å². The van der Waals surface area contributed by atoms with Crippen molar-refractivity contribution in [1.29, 1.82) is 0 Å². The molecule has 0 fully saturated rings. The Morgan fingerprint density at radius 2 is 1.29 bits per heavy atom. The van der Waals surface area contributed by atoms with Crippen molar-refractivity contribution in [3.63, 3.8) is 0 Å². The van der Waals surface area contributed by atoms with Gasteiger partial charge in [-0.1, -0.05) is 57.2 Å². The minimum Gasteiger partial charge on any atom is -0.307 e. The Balaban J connectivity index is -0.000000179. The van der Waals surface area contributed by atoms with Crippen molar-refractivity contribution in [1.82, 2.24) is 0 Å². The number of rotatable bonds is 3. The molecule has 0 aliphatic rings. The molecule has 0 saturated carbocycles. The van der Waals surface area contributed by atoms with Crippen LogP contribution in [0.4, 0.5) is 0 Å². The number of hydrogen-bond donors (Lipinski definition) is 0. The summed E-state index contributed by atoms with van der Waals surface area (Å²) >= 11 is 1.67. The quantitative estimate of drug-likeness (QED) is 0.823. The zero-order chi connectivity index (χ0) is 13.9. The van der Waals surface area contributed by atoms with E-state index in [1.54, 1.807) is 18.7 Å². The highest BCUT2D eigenvalue weighted by Gasteiger charge is 1.87. The summed E-state index contributed by atoms with van der Waals surface area (Å²) < 4.78 is 0. The fraction of sp³-hybridized carbons (Fsp3) is 0.429. The Morgan fingerprint density at radius 3 is 1.41 bits per heavy atom. The van der Waals surface area contributed by atoms with Crippen molar-refractivity contribution in [2.75, 3.05) is 11.5 Å². The maximum Gasteiger partial charge on any atom is 0.139 e. The molecule has 3 heteroatoms. The highest BCUT2D eigenvalue weighted by Crippen LogP contribution is 1.96. The summed E-state index contributed by atoms with van der Waals surface area (Å²) in [5.74, 6) is 1.99. The molecule has 0 amide bonds. The first-order valence-electron chi connectivity index (χ1n) is 5.63. The number of Topliss-reactive ketones (excluding diaryl/α,β-unsaturated/α-hetero) is 1. The monoisotopic (exact) mass is 256 g/mol. The number of thioether (sulfide) groups is 1. The predicted octanol–water partition coefficient (Wildman–Crippen LogP) is 3.86. The molecule has 1 aromatic rings. The molecule has 2 nitrogen and oxygen atoms in total. The van der Waals surface area contributed by atoms with Crippen molar-refractivity contribution < 1.29 is 9.59 Å². The van der Waals surface area contributed by atoms with Gasteiger partial charge in [0.2, 0.25) is 0 Å². The van der Waals surface area contributed by atoms with E-state index in [9.17, 15) is 4.79 Å². The molecule has 0 N–H and O–H groups in total. The molecule has 0 unspecified atom stereocenters. The second-order valence-electron chi connectivity index (χ2n) is 2.49. The predicted molar refractivity (Wildman–Crippen MR) is 78.6 cm³/mol. The highest BCUT2D eigenvalue weighted by atomic mass is 32.2. The van der Waals surface area contributed by atoms with Crippen LogP contribution in [0.15, 0.2) is 36.4 Å². The zero-order valence-corrected chi connectivity index (χ0v) is 12.1. The van der Waals surface area contributed by atoms with E-state index >= 15 is 0 Å². The first-order valence-corrected chi connectivity index (χ1v) is 6.79. The Hall–Kier alpha value is -1.09. The normalized spacial score (nSPS) is 7.06. The average molecular weight is 256 g/mol. The summed E-state index contributed by atoms with van der Waals surface area (Å²) in [5.41, 5.74) is 0. The molecule has 0 aliphatic heterocycles. The van der Waals surface area contributed by atoms with Crippen LogP contribution in [0, 0.1) is 0 Å².